The molecule has 3 nitrogen and oxygen atoms in total. The second kappa shape index (κ2) is 6.71. The first-order valence-electron chi connectivity index (χ1n) is 11.2. The van der Waals surface area contributed by atoms with Crippen LogP contribution in [0.3, 0.4) is 0 Å². The van der Waals surface area contributed by atoms with Crippen LogP contribution in [0.2, 0.25) is 0 Å². The van der Waals surface area contributed by atoms with Gasteiger partial charge in [0.15, 0.2) is 0 Å². The molecular formula is C28H26BNO2. The largest absolute Gasteiger partial charge is 0.494 e. The van der Waals surface area contributed by atoms with Crippen molar-refractivity contribution in [2.24, 2.45) is 0 Å². The predicted molar refractivity (Wildman–Crippen MR) is 134 cm³/mol. The number of hydrogen-bond acceptors (Lipinski definition) is 2. The number of fused-ring (bicyclic) bond motifs is 5. The van der Waals surface area contributed by atoms with Crippen LogP contribution in [-0.4, -0.2) is 22.9 Å². The number of rotatable bonds is 2. The van der Waals surface area contributed by atoms with E-state index in [0.29, 0.717) is 0 Å². The topological polar surface area (TPSA) is 23.4 Å². The molecule has 1 saturated heterocycles. The third kappa shape index (κ3) is 2.76. The van der Waals surface area contributed by atoms with E-state index in [-0.39, 0.29) is 18.3 Å². The fourth-order valence-electron chi connectivity index (χ4n) is 4.77. The number of nitrogens with zero attached hydrogens (tertiary/aromatic N) is 1. The third-order valence-corrected chi connectivity index (χ3v) is 7.22. The van der Waals surface area contributed by atoms with E-state index in [1.165, 1.54) is 32.6 Å². The zero-order chi connectivity index (χ0) is 22.1. The summed E-state index contributed by atoms with van der Waals surface area (Å²) in [5.74, 6) is 0. The lowest BCUT2D eigenvalue weighted by Gasteiger charge is -2.32. The van der Waals surface area contributed by atoms with Gasteiger partial charge < -0.3 is 13.9 Å². The lowest BCUT2D eigenvalue weighted by Crippen LogP contribution is -2.41. The first kappa shape index (κ1) is 19.6. The summed E-state index contributed by atoms with van der Waals surface area (Å²) < 4.78 is 15.1. The van der Waals surface area contributed by atoms with E-state index in [9.17, 15) is 0 Å². The molecule has 0 amide bonds. The second-order valence-corrected chi connectivity index (χ2v) is 9.72. The van der Waals surface area contributed by atoms with Crippen molar-refractivity contribution in [1.82, 2.24) is 4.57 Å². The van der Waals surface area contributed by atoms with Crippen LogP contribution in [0.5, 0.6) is 0 Å². The van der Waals surface area contributed by atoms with E-state index < -0.39 is 0 Å². The van der Waals surface area contributed by atoms with Crippen LogP contribution >= 0.6 is 0 Å². The van der Waals surface area contributed by atoms with Crippen LogP contribution in [0.25, 0.3) is 38.3 Å². The highest BCUT2D eigenvalue weighted by Gasteiger charge is 2.51. The maximum absolute atomic E-state index is 6.34. The Hall–Kier alpha value is -3.08. The number of para-hydroxylation sites is 1. The van der Waals surface area contributed by atoms with Crippen molar-refractivity contribution in [1.29, 1.82) is 0 Å². The SMILES string of the molecule is CC1(C)OB(c2ccc3c(c2)c2ccc4ccccc4c2n3-c2ccccc2)OC1(C)C. The highest BCUT2D eigenvalue weighted by Crippen LogP contribution is 2.38. The minimum Gasteiger partial charge on any atom is -0.399 e. The van der Waals surface area contributed by atoms with Crippen molar-refractivity contribution >= 4 is 45.2 Å². The predicted octanol–water partition coefficient (Wildman–Crippen LogP) is 6.24. The normalized spacial score (nSPS) is 17.6. The summed E-state index contributed by atoms with van der Waals surface area (Å²) >= 11 is 0. The van der Waals surface area contributed by atoms with Crippen molar-refractivity contribution in [3.05, 3.63) is 84.9 Å². The molecule has 0 atom stereocenters. The van der Waals surface area contributed by atoms with Gasteiger partial charge in [-0.15, -0.1) is 0 Å². The average Bonchev–Trinajstić information content (AvgIpc) is 3.24. The number of hydrogen-bond donors (Lipinski definition) is 0. The third-order valence-electron chi connectivity index (χ3n) is 7.22. The fourth-order valence-corrected chi connectivity index (χ4v) is 4.77. The molecule has 0 N–H and O–H groups in total. The van der Waals surface area contributed by atoms with Gasteiger partial charge in [-0.1, -0.05) is 66.7 Å². The average molecular weight is 419 g/mol. The van der Waals surface area contributed by atoms with Gasteiger partial charge in [-0.05, 0) is 56.7 Å². The Kier molecular flexibility index (Phi) is 4.11. The highest BCUT2D eigenvalue weighted by atomic mass is 16.7. The summed E-state index contributed by atoms with van der Waals surface area (Å²) in [4.78, 5) is 0. The molecule has 32 heavy (non-hydrogen) atoms. The molecular weight excluding hydrogens is 393 g/mol. The zero-order valence-corrected chi connectivity index (χ0v) is 18.9. The summed E-state index contributed by atoms with van der Waals surface area (Å²) in [7, 11) is -0.375. The summed E-state index contributed by atoms with van der Waals surface area (Å²) in [6.07, 6.45) is 0. The van der Waals surface area contributed by atoms with Crippen LogP contribution < -0.4 is 5.46 Å². The van der Waals surface area contributed by atoms with Gasteiger partial charge in [0.1, 0.15) is 0 Å². The summed E-state index contributed by atoms with van der Waals surface area (Å²) in [6, 6.07) is 30.2. The van der Waals surface area contributed by atoms with Gasteiger partial charge in [0.05, 0.1) is 22.2 Å². The molecule has 1 aromatic heterocycles. The molecule has 0 radical (unpaired) electrons. The molecule has 158 valence electrons. The molecule has 0 bridgehead atoms. The lowest BCUT2D eigenvalue weighted by molar-refractivity contribution is 0.00578. The van der Waals surface area contributed by atoms with E-state index in [2.05, 4.69) is 117 Å². The molecule has 0 aliphatic carbocycles. The van der Waals surface area contributed by atoms with Gasteiger partial charge in [0.2, 0.25) is 0 Å². The molecule has 1 aliphatic heterocycles. The summed E-state index contributed by atoms with van der Waals surface area (Å²) in [6.45, 7) is 8.38. The molecule has 1 fully saturated rings. The van der Waals surface area contributed by atoms with Gasteiger partial charge in [-0.3, -0.25) is 0 Å². The minimum absolute atomic E-state index is 0.360. The van der Waals surface area contributed by atoms with E-state index >= 15 is 0 Å². The Morgan fingerprint density at radius 3 is 2.09 bits per heavy atom. The van der Waals surface area contributed by atoms with Crippen molar-refractivity contribution in [2.75, 3.05) is 0 Å². The van der Waals surface area contributed by atoms with Gasteiger partial charge >= 0.3 is 7.12 Å². The Morgan fingerprint density at radius 2 is 1.34 bits per heavy atom. The van der Waals surface area contributed by atoms with Crippen LogP contribution in [-0.2, 0) is 9.31 Å². The molecule has 1 aliphatic rings. The quantitative estimate of drug-likeness (QED) is 0.317. The first-order chi connectivity index (χ1) is 15.4. The maximum Gasteiger partial charge on any atom is 0.494 e. The van der Waals surface area contributed by atoms with Gasteiger partial charge in [-0.2, -0.15) is 0 Å². The standard InChI is InChI=1S/C28H26BNO2/c1-27(2)28(3,4)32-29(31-27)20-15-17-25-24(18-20)23-16-14-19-10-8-9-13-22(19)26(23)30(25)21-11-6-5-7-12-21/h5-18H,1-4H3. The second-order valence-electron chi connectivity index (χ2n) is 9.72. The Labute approximate surface area is 188 Å². The monoisotopic (exact) mass is 419 g/mol. The van der Waals surface area contributed by atoms with Gasteiger partial charge in [0, 0.05) is 21.8 Å². The lowest BCUT2D eigenvalue weighted by atomic mass is 9.78. The van der Waals surface area contributed by atoms with E-state index in [0.717, 1.165) is 11.2 Å². The first-order valence-corrected chi connectivity index (χ1v) is 11.2. The van der Waals surface area contributed by atoms with Gasteiger partial charge in [0.25, 0.3) is 0 Å². The van der Waals surface area contributed by atoms with Crippen molar-refractivity contribution in [2.45, 2.75) is 38.9 Å². The molecule has 5 aromatic rings. The minimum atomic E-state index is -0.375. The van der Waals surface area contributed by atoms with Crippen molar-refractivity contribution in [3.63, 3.8) is 0 Å². The fraction of sp³-hybridized carbons (Fsp3) is 0.214. The Bertz CT molecular complexity index is 1470. The highest BCUT2D eigenvalue weighted by molar-refractivity contribution is 6.62. The summed E-state index contributed by atoms with van der Waals surface area (Å²) in [5.41, 5.74) is 3.91. The van der Waals surface area contributed by atoms with Crippen LogP contribution in [0, 0.1) is 0 Å². The zero-order valence-electron chi connectivity index (χ0n) is 18.9. The molecule has 2 heterocycles. The van der Waals surface area contributed by atoms with E-state index in [4.69, 9.17) is 9.31 Å². The number of benzene rings is 4. The number of aromatic nitrogens is 1. The molecule has 0 unspecified atom stereocenters. The molecule has 4 heteroatoms. The smallest absolute Gasteiger partial charge is 0.399 e. The maximum atomic E-state index is 6.34. The van der Waals surface area contributed by atoms with Crippen molar-refractivity contribution < 1.29 is 9.31 Å². The summed E-state index contributed by atoms with van der Waals surface area (Å²) in [5, 5.41) is 4.94. The molecule has 6 rings (SSSR count). The molecule has 4 aromatic carbocycles. The van der Waals surface area contributed by atoms with Crippen molar-refractivity contribution in [3.8, 4) is 5.69 Å². The van der Waals surface area contributed by atoms with Crippen LogP contribution in [0.1, 0.15) is 27.7 Å². The van der Waals surface area contributed by atoms with E-state index in [1.54, 1.807) is 0 Å². The van der Waals surface area contributed by atoms with Crippen LogP contribution in [0.15, 0.2) is 84.9 Å². The van der Waals surface area contributed by atoms with Crippen LogP contribution in [0.4, 0.5) is 0 Å². The molecule has 0 spiro atoms. The Morgan fingerprint density at radius 1 is 0.656 bits per heavy atom. The van der Waals surface area contributed by atoms with E-state index in [1.807, 2.05) is 0 Å². The molecule has 0 saturated carbocycles. The van der Waals surface area contributed by atoms with Gasteiger partial charge in [-0.25, -0.2) is 0 Å². The Balaban J connectivity index is 1.65.